The van der Waals surface area contributed by atoms with Gasteiger partial charge >= 0.3 is 5.97 Å². The third-order valence-corrected chi connectivity index (χ3v) is 6.67. The molecule has 0 aliphatic heterocycles. The number of nitrogens with one attached hydrogen (secondary N) is 1. The molecule has 8 nitrogen and oxygen atoms in total. The maximum Gasteiger partial charge on any atom is 0.342 e. The number of nitrogens with zero attached hydrogens (tertiary/aromatic N) is 2. The molecular weight excluding hydrogens is 468 g/mol. The minimum absolute atomic E-state index is 0. The van der Waals surface area contributed by atoms with Gasteiger partial charge in [-0.15, -0.1) is 12.4 Å². The summed E-state index contributed by atoms with van der Waals surface area (Å²) in [6.07, 6.45) is 2.89. The number of aliphatic carboxylic acids is 1. The van der Waals surface area contributed by atoms with Crippen LogP contribution in [0.3, 0.4) is 0 Å². The number of carboxylic acids is 1. The van der Waals surface area contributed by atoms with Crippen LogP contribution in [-0.4, -0.2) is 46.6 Å². The molecule has 9 heteroatoms. The molecule has 0 bridgehead atoms. The lowest BCUT2D eigenvalue weighted by Gasteiger charge is -2.31. The zero-order valence-corrected chi connectivity index (χ0v) is 20.7. The average Bonchev–Trinajstić information content (AvgIpc) is 3.43. The summed E-state index contributed by atoms with van der Waals surface area (Å²) in [5.74, 6) is -1.78. The van der Waals surface area contributed by atoms with E-state index in [-0.39, 0.29) is 24.3 Å². The van der Waals surface area contributed by atoms with Gasteiger partial charge in [0.05, 0.1) is 0 Å². The summed E-state index contributed by atoms with van der Waals surface area (Å²) in [5, 5.41) is 18.0. The van der Waals surface area contributed by atoms with Gasteiger partial charge in [-0.2, -0.15) is 0 Å². The summed E-state index contributed by atoms with van der Waals surface area (Å²) < 4.78 is 7.14. The monoisotopic (exact) mass is 498 g/mol. The number of carbonyl (C=O) groups excluding carboxylic acids is 1. The van der Waals surface area contributed by atoms with E-state index < -0.39 is 18.0 Å². The van der Waals surface area contributed by atoms with E-state index in [1.807, 2.05) is 49.5 Å². The van der Waals surface area contributed by atoms with Gasteiger partial charge in [-0.05, 0) is 42.7 Å². The van der Waals surface area contributed by atoms with Crippen molar-refractivity contribution in [3.8, 4) is 0 Å². The fourth-order valence-electron chi connectivity index (χ4n) is 4.84. The van der Waals surface area contributed by atoms with Crippen molar-refractivity contribution < 1.29 is 19.4 Å². The number of methoxy groups -OCH3 is 1. The average molecular weight is 499 g/mol. The molecule has 35 heavy (non-hydrogen) atoms. The van der Waals surface area contributed by atoms with Crippen LogP contribution in [0.2, 0.25) is 0 Å². The quantitative estimate of drug-likeness (QED) is 0.247. The van der Waals surface area contributed by atoms with Crippen LogP contribution in [0.5, 0.6) is 0 Å². The Bertz CT molecular complexity index is 1230. The van der Waals surface area contributed by atoms with E-state index >= 15 is 0 Å². The summed E-state index contributed by atoms with van der Waals surface area (Å²) in [6.45, 7) is 0. The first-order valence-corrected chi connectivity index (χ1v) is 11.4. The van der Waals surface area contributed by atoms with Gasteiger partial charge in [0.25, 0.3) is 5.91 Å². The van der Waals surface area contributed by atoms with Crippen molar-refractivity contribution in [3.05, 3.63) is 65.4 Å². The molecule has 1 amide bonds. The lowest BCUT2D eigenvalue weighted by molar-refractivity contribution is -0.154. The van der Waals surface area contributed by atoms with Crippen molar-refractivity contribution in [2.24, 2.45) is 12.8 Å². The number of nitrogen functional groups attached to an aromatic ring is 1. The Morgan fingerprint density at radius 2 is 1.83 bits per heavy atom. The topological polar surface area (TPSA) is 122 Å². The molecule has 4 N–H and O–H groups in total. The Hall–Kier alpha value is -3.36. The minimum Gasteiger partial charge on any atom is -0.479 e. The lowest BCUT2D eigenvalue weighted by Crippen LogP contribution is -2.48. The maximum absolute atomic E-state index is 13.2. The van der Waals surface area contributed by atoms with Crippen molar-refractivity contribution in [2.75, 3.05) is 12.0 Å². The maximum atomic E-state index is 13.2. The summed E-state index contributed by atoms with van der Waals surface area (Å²) >= 11 is 0. The van der Waals surface area contributed by atoms with Crippen molar-refractivity contribution >= 4 is 46.7 Å². The Morgan fingerprint density at radius 1 is 1.17 bits per heavy atom. The molecule has 1 fully saturated rings. The van der Waals surface area contributed by atoms with Gasteiger partial charge in [0, 0.05) is 54.5 Å². The zero-order valence-electron chi connectivity index (χ0n) is 19.9. The molecule has 1 aliphatic rings. The van der Waals surface area contributed by atoms with Crippen LogP contribution in [0.4, 0.5) is 5.69 Å². The third kappa shape index (κ3) is 5.33. The number of hydrogen-bond acceptors (Lipinski definition) is 4. The number of nitrogens with two attached hydrogens (primary N) is 1. The molecule has 1 atom stereocenters. The van der Waals surface area contributed by atoms with E-state index in [1.165, 1.54) is 7.11 Å². The number of benzene rings is 2. The van der Waals surface area contributed by atoms with Crippen molar-refractivity contribution in [1.29, 1.82) is 5.41 Å². The molecule has 1 saturated carbocycles. The number of aromatic nitrogens is 1. The number of amides is 1. The van der Waals surface area contributed by atoms with Crippen molar-refractivity contribution in [2.45, 2.75) is 44.2 Å². The summed E-state index contributed by atoms with van der Waals surface area (Å²) in [5.41, 5.74) is 10.2. The van der Waals surface area contributed by atoms with Gasteiger partial charge in [0.1, 0.15) is 5.84 Å². The fraction of sp³-hybridized carbons (Fsp3) is 0.346. The third-order valence-electron chi connectivity index (χ3n) is 6.67. The first-order chi connectivity index (χ1) is 16.3. The molecule has 1 unspecified atom stereocenters. The molecule has 3 aromatic rings. The van der Waals surface area contributed by atoms with Gasteiger partial charge < -0.3 is 25.0 Å². The van der Waals surface area contributed by atoms with E-state index in [1.54, 1.807) is 4.90 Å². The molecule has 0 radical (unpaired) electrons. The Kier molecular flexibility index (Phi) is 8.19. The number of amidine groups is 1. The molecule has 0 saturated heterocycles. The molecule has 1 aromatic heterocycles. The first-order valence-electron chi connectivity index (χ1n) is 11.4. The number of rotatable bonds is 8. The molecule has 1 aliphatic carbocycles. The number of fused-ring (bicyclic) bond motifs is 1. The number of halogens is 1. The van der Waals surface area contributed by atoms with Gasteiger partial charge in [0.2, 0.25) is 6.10 Å². The van der Waals surface area contributed by atoms with Crippen LogP contribution in [-0.2, 0) is 27.8 Å². The Morgan fingerprint density at radius 3 is 2.40 bits per heavy atom. The second-order valence-corrected chi connectivity index (χ2v) is 8.83. The second kappa shape index (κ2) is 10.9. The first kappa shape index (κ1) is 26.2. The molecule has 186 valence electrons. The SMILES string of the molecule is COC(C(=O)O)C(=O)N(c1ccc2c(c1)cc(Cc1ccc(C(=N)N)cc1)n2C)C1CCCC1.Cl. The van der Waals surface area contributed by atoms with Gasteiger partial charge in [-0.3, -0.25) is 10.2 Å². The van der Waals surface area contributed by atoms with Gasteiger partial charge in [0.15, 0.2) is 0 Å². The predicted octanol–water partition coefficient (Wildman–Crippen LogP) is 3.85. The highest BCUT2D eigenvalue weighted by Gasteiger charge is 2.36. The number of ether oxygens (including phenoxy) is 1. The van der Waals surface area contributed by atoms with Crippen LogP contribution in [0.15, 0.2) is 48.5 Å². The van der Waals surface area contributed by atoms with Crippen LogP contribution in [0.1, 0.15) is 42.5 Å². The number of hydrogen-bond donors (Lipinski definition) is 3. The Balaban J connectivity index is 0.00000342. The van der Waals surface area contributed by atoms with E-state index in [2.05, 4.69) is 10.6 Å². The minimum atomic E-state index is -1.53. The highest BCUT2D eigenvalue weighted by molar-refractivity contribution is 6.09. The highest BCUT2D eigenvalue weighted by Crippen LogP contribution is 2.32. The van der Waals surface area contributed by atoms with Crippen molar-refractivity contribution in [1.82, 2.24) is 4.57 Å². The number of carboxylic acid groups (broad SMARTS) is 1. The predicted molar refractivity (Wildman–Crippen MR) is 139 cm³/mol. The number of aryl methyl sites for hydroxylation is 1. The Labute approximate surface area is 210 Å². The molecule has 2 aromatic carbocycles. The lowest BCUT2D eigenvalue weighted by atomic mass is 10.1. The molecule has 1 heterocycles. The van der Waals surface area contributed by atoms with E-state index in [0.717, 1.165) is 47.8 Å². The van der Waals surface area contributed by atoms with Gasteiger partial charge in [-0.1, -0.05) is 37.1 Å². The number of carbonyl (C=O) groups is 2. The van der Waals surface area contributed by atoms with Crippen molar-refractivity contribution in [3.63, 3.8) is 0 Å². The standard InChI is InChI=1S/C26H30N4O4.ClH/c1-29-21(13-16-7-9-17(10-8-16)24(27)28)15-18-14-20(11-12-22(18)29)30(19-5-3-4-6-19)25(31)23(34-2)26(32)33;/h7-12,14-15,19,23H,3-6,13H2,1-2H3,(H3,27,28)(H,32,33);1H. The smallest absolute Gasteiger partial charge is 0.342 e. The van der Waals surface area contributed by atoms with Crippen LogP contribution >= 0.6 is 12.4 Å². The fourth-order valence-corrected chi connectivity index (χ4v) is 4.84. The highest BCUT2D eigenvalue weighted by atomic mass is 35.5. The molecular formula is C26H31ClN4O4. The van der Waals surface area contributed by atoms with Gasteiger partial charge in [-0.25, -0.2) is 4.79 Å². The summed E-state index contributed by atoms with van der Waals surface area (Å²) in [7, 11) is 3.26. The number of anilines is 1. The van der Waals surface area contributed by atoms with Crippen LogP contribution in [0, 0.1) is 5.41 Å². The van der Waals surface area contributed by atoms with E-state index in [4.69, 9.17) is 15.9 Å². The van der Waals surface area contributed by atoms with Crippen LogP contribution in [0.25, 0.3) is 10.9 Å². The van der Waals surface area contributed by atoms with E-state index in [9.17, 15) is 14.7 Å². The second-order valence-electron chi connectivity index (χ2n) is 8.83. The molecule has 0 spiro atoms. The normalized spacial score (nSPS) is 14.5. The zero-order chi connectivity index (χ0) is 24.4. The largest absolute Gasteiger partial charge is 0.479 e. The van der Waals surface area contributed by atoms with Crippen LogP contribution < -0.4 is 10.6 Å². The molecule has 4 rings (SSSR count). The van der Waals surface area contributed by atoms with E-state index in [0.29, 0.717) is 17.7 Å². The summed E-state index contributed by atoms with van der Waals surface area (Å²) in [4.78, 5) is 26.5. The summed E-state index contributed by atoms with van der Waals surface area (Å²) in [6, 6.07) is 15.5.